The van der Waals surface area contributed by atoms with Gasteiger partial charge < -0.3 is 15.0 Å². The van der Waals surface area contributed by atoms with Crippen LogP contribution in [0.5, 0.6) is 0 Å². The van der Waals surface area contributed by atoms with Crippen molar-refractivity contribution in [1.82, 2.24) is 10.2 Å². The van der Waals surface area contributed by atoms with E-state index >= 15 is 0 Å². The highest BCUT2D eigenvalue weighted by Gasteiger charge is 2.24. The van der Waals surface area contributed by atoms with E-state index < -0.39 is 0 Å². The molecular weight excluding hydrogens is 296 g/mol. The molecule has 0 aromatic carbocycles. The molecule has 1 N–H and O–H groups in total. The first-order valence-corrected chi connectivity index (χ1v) is 8.27. The van der Waals surface area contributed by atoms with Crippen LogP contribution in [-0.2, 0) is 4.74 Å². The Morgan fingerprint density at radius 2 is 2.30 bits per heavy atom. The molecule has 6 heteroatoms. The molecule has 112 valence electrons. The summed E-state index contributed by atoms with van der Waals surface area (Å²) in [6.45, 7) is 5.93. The van der Waals surface area contributed by atoms with Crippen molar-refractivity contribution in [3.63, 3.8) is 0 Å². The smallest absolute Gasteiger partial charge is 0.409 e. The number of carbonyl (C=O) groups excluding carboxylic acids is 1. The number of nitrogens with zero attached hydrogens (tertiary/aromatic N) is 1. The van der Waals surface area contributed by atoms with Crippen LogP contribution in [0.25, 0.3) is 0 Å². The van der Waals surface area contributed by atoms with Gasteiger partial charge in [-0.05, 0) is 43.7 Å². The summed E-state index contributed by atoms with van der Waals surface area (Å²) in [6.07, 6.45) is 1.73. The standard InChI is InChI=1S/C14H21ClN2O2S/c1-3-19-14(18)17-6-4-12(5-7-17)16-10(2)11-8-13(15)20-9-11/h8-10,12,16H,3-7H2,1-2H3. The Labute approximate surface area is 129 Å². The molecule has 20 heavy (non-hydrogen) atoms. The SMILES string of the molecule is CCOC(=O)N1CCC(NC(C)c2csc(Cl)c2)CC1. The Morgan fingerprint density at radius 1 is 1.60 bits per heavy atom. The van der Waals surface area contributed by atoms with Gasteiger partial charge in [-0.1, -0.05) is 11.6 Å². The number of likely N-dealkylation sites (tertiary alicyclic amines) is 1. The van der Waals surface area contributed by atoms with E-state index in [1.165, 1.54) is 5.56 Å². The second-order valence-corrected chi connectivity index (χ2v) is 6.58. The maximum atomic E-state index is 11.6. The van der Waals surface area contributed by atoms with E-state index in [0.717, 1.165) is 30.3 Å². The van der Waals surface area contributed by atoms with Crippen LogP contribution in [0, 0.1) is 0 Å². The molecule has 2 heterocycles. The normalized spacial score (nSPS) is 18.1. The summed E-state index contributed by atoms with van der Waals surface area (Å²) >= 11 is 7.52. The van der Waals surface area contributed by atoms with Gasteiger partial charge in [0.15, 0.2) is 0 Å². The lowest BCUT2D eigenvalue weighted by Gasteiger charge is -2.33. The van der Waals surface area contributed by atoms with E-state index in [4.69, 9.17) is 16.3 Å². The number of hydrogen-bond acceptors (Lipinski definition) is 4. The van der Waals surface area contributed by atoms with Crippen LogP contribution < -0.4 is 5.32 Å². The van der Waals surface area contributed by atoms with Gasteiger partial charge in [0, 0.05) is 25.2 Å². The molecule has 2 rings (SSSR count). The number of thiophene rings is 1. The molecule has 1 unspecified atom stereocenters. The molecule has 0 bridgehead atoms. The van der Waals surface area contributed by atoms with Crippen LogP contribution in [0.3, 0.4) is 0 Å². The first-order chi connectivity index (χ1) is 9.60. The third kappa shape index (κ3) is 4.11. The minimum atomic E-state index is -0.191. The molecular formula is C14H21ClN2O2S. The highest BCUT2D eigenvalue weighted by molar-refractivity contribution is 7.14. The lowest BCUT2D eigenvalue weighted by molar-refractivity contribution is 0.0944. The van der Waals surface area contributed by atoms with Crippen molar-refractivity contribution in [2.24, 2.45) is 0 Å². The van der Waals surface area contributed by atoms with Gasteiger partial charge in [0.1, 0.15) is 0 Å². The summed E-state index contributed by atoms with van der Waals surface area (Å²) in [7, 11) is 0. The number of amides is 1. The van der Waals surface area contributed by atoms with Gasteiger partial charge in [0.25, 0.3) is 0 Å². The first-order valence-electron chi connectivity index (χ1n) is 7.01. The predicted octanol–water partition coefficient (Wildman–Crippen LogP) is 3.67. The van der Waals surface area contributed by atoms with Gasteiger partial charge in [-0.3, -0.25) is 0 Å². The maximum Gasteiger partial charge on any atom is 0.409 e. The van der Waals surface area contributed by atoms with E-state index in [2.05, 4.69) is 17.6 Å². The minimum absolute atomic E-state index is 0.191. The predicted molar refractivity (Wildman–Crippen MR) is 82.5 cm³/mol. The molecule has 1 saturated heterocycles. The van der Waals surface area contributed by atoms with E-state index in [0.29, 0.717) is 12.6 Å². The highest BCUT2D eigenvalue weighted by atomic mass is 35.5. The van der Waals surface area contributed by atoms with Gasteiger partial charge >= 0.3 is 6.09 Å². The maximum absolute atomic E-state index is 11.6. The minimum Gasteiger partial charge on any atom is -0.450 e. The van der Waals surface area contributed by atoms with Crippen molar-refractivity contribution in [3.05, 3.63) is 21.3 Å². The summed E-state index contributed by atoms with van der Waals surface area (Å²) in [4.78, 5) is 13.4. The number of piperidine rings is 1. The second kappa shape index (κ2) is 7.29. The summed E-state index contributed by atoms with van der Waals surface area (Å²) in [5.74, 6) is 0. The fraction of sp³-hybridized carbons (Fsp3) is 0.643. The number of carbonyl (C=O) groups is 1. The summed E-state index contributed by atoms with van der Waals surface area (Å²) in [5, 5.41) is 5.70. The highest BCUT2D eigenvalue weighted by Crippen LogP contribution is 2.25. The molecule has 1 fully saturated rings. The van der Waals surface area contributed by atoms with Gasteiger partial charge in [-0.2, -0.15) is 0 Å². The zero-order chi connectivity index (χ0) is 14.5. The quantitative estimate of drug-likeness (QED) is 0.921. The molecule has 1 aliphatic heterocycles. The third-order valence-electron chi connectivity index (χ3n) is 3.59. The molecule has 0 spiro atoms. The topological polar surface area (TPSA) is 41.6 Å². The molecule has 0 radical (unpaired) electrons. The number of hydrogen-bond donors (Lipinski definition) is 1. The van der Waals surface area contributed by atoms with Gasteiger partial charge in [-0.15, -0.1) is 11.3 Å². The third-order valence-corrected chi connectivity index (χ3v) is 4.70. The molecule has 1 amide bonds. The van der Waals surface area contributed by atoms with Crippen LogP contribution in [-0.4, -0.2) is 36.7 Å². The van der Waals surface area contributed by atoms with Crippen molar-refractivity contribution in [2.75, 3.05) is 19.7 Å². The monoisotopic (exact) mass is 316 g/mol. The van der Waals surface area contributed by atoms with E-state index in [-0.39, 0.29) is 12.1 Å². The number of nitrogens with one attached hydrogen (secondary N) is 1. The fourth-order valence-corrected chi connectivity index (χ4v) is 3.43. The molecule has 4 nitrogen and oxygen atoms in total. The molecule has 1 aromatic rings. The Morgan fingerprint density at radius 3 is 2.85 bits per heavy atom. The van der Waals surface area contributed by atoms with Crippen LogP contribution >= 0.6 is 22.9 Å². The molecule has 0 saturated carbocycles. The summed E-state index contributed by atoms with van der Waals surface area (Å²) < 4.78 is 5.85. The zero-order valence-electron chi connectivity index (χ0n) is 11.9. The molecule has 1 aromatic heterocycles. The van der Waals surface area contributed by atoms with Gasteiger partial charge in [0.05, 0.1) is 10.9 Å². The number of ether oxygens (including phenoxy) is 1. The fourth-order valence-electron chi connectivity index (χ4n) is 2.44. The van der Waals surface area contributed by atoms with Crippen molar-refractivity contribution < 1.29 is 9.53 Å². The van der Waals surface area contributed by atoms with Gasteiger partial charge in [-0.25, -0.2) is 4.79 Å². The Hall–Kier alpha value is -0.780. The van der Waals surface area contributed by atoms with E-state index in [1.807, 2.05) is 13.0 Å². The van der Waals surface area contributed by atoms with E-state index in [9.17, 15) is 4.79 Å². The summed E-state index contributed by atoms with van der Waals surface area (Å²) in [5.41, 5.74) is 1.23. The Bertz CT molecular complexity index is 444. The lowest BCUT2D eigenvalue weighted by atomic mass is 10.0. The molecule has 1 atom stereocenters. The van der Waals surface area contributed by atoms with Gasteiger partial charge in [0.2, 0.25) is 0 Å². The van der Waals surface area contributed by atoms with Crippen LogP contribution in [0.1, 0.15) is 38.3 Å². The van der Waals surface area contributed by atoms with Crippen molar-refractivity contribution >= 4 is 29.0 Å². The number of rotatable bonds is 4. The average Bonchev–Trinajstić information content (AvgIpc) is 2.86. The summed E-state index contributed by atoms with van der Waals surface area (Å²) in [6, 6.07) is 2.74. The number of halogens is 1. The van der Waals surface area contributed by atoms with Crippen molar-refractivity contribution in [3.8, 4) is 0 Å². The molecule has 0 aliphatic carbocycles. The largest absolute Gasteiger partial charge is 0.450 e. The van der Waals surface area contributed by atoms with Crippen LogP contribution in [0.15, 0.2) is 11.4 Å². The van der Waals surface area contributed by atoms with Crippen LogP contribution in [0.4, 0.5) is 4.79 Å². The lowest BCUT2D eigenvalue weighted by Crippen LogP contribution is -2.45. The van der Waals surface area contributed by atoms with Crippen molar-refractivity contribution in [1.29, 1.82) is 0 Å². The first kappa shape index (κ1) is 15.6. The Balaban J connectivity index is 1.78. The van der Waals surface area contributed by atoms with Crippen LogP contribution in [0.2, 0.25) is 4.34 Å². The average molecular weight is 317 g/mol. The van der Waals surface area contributed by atoms with E-state index in [1.54, 1.807) is 16.2 Å². The zero-order valence-corrected chi connectivity index (χ0v) is 13.5. The second-order valence-electron chi connectivity index (χ2n) is 5.03. The Kier molecular flexibility index (Phi) is 5.69. The van der Waals surface area contributed by atoms with Crippen molar-refractivity contribution in [2.45, 2.75) is 38.8 Å². The molecule has 1 aliphatic rings.